The molecule has 0 aromatic heterocycles. The molecule has 1 amide bonds. The summed E-state index contributed by atoms with van der Waals surface area (Å²) in [6, 6.07) is 5.86. The van der Waals surface area contributed by atoms with Crippen molar-refractivity contribution in [2.75, 3.05) is 13.2 Å². The summed E-state index contributed by atoms with van der Waals surface area (Å²) in [6.07, 6.45) is 3.35. The molecule has 0 aliphatic rings. The van der Waals surface area contributed by atoms with E-state index in [4.69, 9.17) is 4.74 Å². The van der Waals surface area contributed by atoms with Gasteiger partial charge in [-0.15, -0.1) is 0 Å². The summed E-state index contributed by atoms with van der Waals surface area (Å²) >= 11 is 0. The van der Waals surface area contributed by atoms with Gasteiger partial charge in [-0.25, -0.2) is 0 Å². The maximum Gasteiger partial charge on any atom is 0.257 e. The zero-order chi connectivity index (χ0) is 13.4. The van der Waals surface area contributed by atoms with Crippen LogP contribution < -0.4 is 10.1 Å². The SMILES string of the molecule is CCCCCNC(=O)COc1ccc(C)c(C)c1. The molecule has 0 radical (unpaired) electrons. The summed E-state index contributed by atoms with van der Waals surface area (Å²) < 4.78 is 5.45. The molecule has 0 saturated heterocycles. The molecular weight excluding hydrogens is 226 g/mol. The Morgan fingerprint density at radius 2 is 2.00 bits per heavy atom. The van der Waals surface area contributed by atoms with Gasteiger partial charge in [0.05, 0.1) is 0 Å². The maximum atomic E-state index is 11.5. The predicted octanol–water partition coefficient (Wildman–Crippen LogP) is 2.99. The normalized spacial score (nSPS) is 10.2. The van der Waals surface area contributed by atoms with Crippen molar-refractivity contribution in [3.63, 3.8) is 0 Å². The molecule has 0 atom stereocenters. The molecule has 0 unspecified atom stereocenters. The van der Waals surface area contributed by atoms with Crippen LogP contribution in [0.4, 0.5) is 0 Å². The van der Waals surface area contributed by atoms with Crippen LogP contribution in [0.5, 0.6) is 5.75 Å². The molecule has 1 rings (SSSR count). The van der Waals surface area contributed by atoms with Crippen molar-refractivity contribution in [3.05, 3.63) is 29.3 Å². The Balaban J connectivity index is 2.27. The third kappa shape index (κ3) is 5.21. The quantitative estimate of drug-likeness (QED) is 0.754. The van der Waals surface area contributed by atoms with Crippen molar-refractivity contribution in [1.82, 2.24) is 5.32 Å². The molecule has 1 aromatic carbocycles. The average molecular weight is 249 g/mol. The van der Waals surface area contributed by atoms with E-state index < -0.39 is 0 Å². The second kappa shape index (κ2) is 7.75. The summed E-state index contributed by atoms with van der Waals surface area (Å²) in [5.74, 6) is 0.700. The van der Waals surface area contributed by atoms with Gasteiger partial charge in [0.2, 0.25) is 0 Å². The molecular formula is C15H23NO2. The number of aryl methyl sites for hydroxylation is 2. The number of unbranched alkanes of at least 4 members (excludes halogenated alkanes) is 2. The standard InChI is InChI=1S/C15H23NO2/c1-4-5-6-9-16-15(17)11-18-14-8-7-12(2)13(3)10-14/h7-8,10H,4-6,9,11H2,1-3H3,(H,16,17). The van der Waals surface area contributed by atoms with E-state index in [0.29, 0.717) is 0 Å². The monoisotopic (exact) mass is 249 g/mol. The zero-order valence-corrected chi connectivity index (χ0v) is 11.6. The molecule has 1 aromatic rings. The summed E-state index contributed by atoms with van der Waals surface area (Å²) in [5.41, 5.74) is 2.40. The van der Waals surface area contributed by atoms with E-state index in [9.17, 15) is 4.79 Å². The second-order valence-electron chi connectivity index (χ2n) is 4.59. The molecule has 0 saturated carbocycles. The van der Waals surface area contributed by atoms with Crippen molar-refractivity contribution in [3.8, 4) is 5.75 Å². The number of carbonyl (C=O) groups is 1. The fourth-order valence-corrected chi connectivity index (χ4v) is 1.61. The minimum Gasteiger partial charge on any atom is -0.484 e. The first-order valence-electron chi connectivity index (χ1n) is 6.60. The Morgan fingerprint density at radius 1 is 1.22 bits per heavy atom. The van der Waals surface area contributed by atoms with Gasteiger partial charge in [-0.2, -0.15) is 0 Å². The topological polar surface area (TPSA) is 38.3 Å². The fourth-order valence-electron chi connectivity index (χ4n) is 1.61. The second-order valence-corrected chi connectivity index (χ2v) is 4.59. The largest absolute Gasteiger partial charge is 0.484 e. The molecule has 1 N–H and O–H groups in total. The van der Waals surface area contributed by atoms with Gasteiger partial charge >= 0.3 is 0 Å². The lowest BCUT2D eigenvalue weighted by molar-refractivity contribution is -0.123. The van der Waals surface area contributed by atoms with E-state index in [1.54, 1.807) is 0 Å². The Morgan fingerprint density at radius 3 is 2.67 bits per heavy atom. The van der Waals surface area contributed by atoms with E-state index in [1.807, 2.05) is 25.1 Å². The van der Waals surface area contributed by atoms with Crippen LogP contribution in [0.25, 0.3) is 0 Å². The van der Waals surface area contributed by atoms with Crippen molar-refractivity contribution < 1.29 is 9.53 Å². The molecule has 3 heteroatoms. The Labute approximate surface area is 110 Å². The van der Waals surface area contributed by atoms with Gasteiger partial charge in [0.25, 0.3) is 5.91 Å². The lowest BCUT2D eigenvalue weighted by atomic mass is 10.1. The summed E-state index contributed by atoms with van der Waals surface area (Å²) in [5, 5.41) is 2.85. The molecule has 0 aliphatic carbocycles. The summed E-state index contributed by atoms with van der Waals surface area (Å²) in [7, 11) is 0. The molecule has 0 bridgehead atoms. The number of carbonyl (C=O) groups excluding carboxylic acids is 1. The molecule has 0 spiro atoms. The minimum atomic E-state index is -0.0515. The third-order valence-electron chi connectivity index (χ3n) is 2.95. The van der Waals surface area contributed by atoms with Gasteiger partial charge < -0.3 is 10.1 Å². The Hall–Kier alpha value is -1.51. The summed E-state index contributed by atoms with van der Waals surface area (Å²) in [4.78, 5) is 11.5. The highest BCUT2D eigenvalue weighted by Gasteiger charge is 2.02. The van der Waals surface area contributed by atoms with Gasteiger partial charge in [-0.1, -0.05) is 25.8 Å². The van der Waals surface area contributed by atoms with Crippen molar-refractivity contribution in [2.45, 2.75) is 40.0 Å². The lowest BCUT2D eigenvalue weighted by Crippen LogP contribution is -2.29. The highest BCUT2D eigenvalue weighted by atomic mass is 16.5. The summed E-state index contributed by atoms with van der Waals surface area (Å²) in [6.45, 7) is 7.06. The lowest BCUT2D eigenvalue weighted by Gasteiger charge is -2.08. The smallest absolute Gasteiger partial charge is 0.257 e. The van der Waals surface area contributed by atoms with E-state index in [2.05, 4.69) is 19.2 Å². The van der Waals surface area contributed by atoms with Gasteiger partial charge in [0.15, 0.2) is 6.61 Å². The van der Waals surface area contributed by atoms with Crippen LogP contribution in [0, 0.1) is 13.8 Å². The van der Waals surface area contributed by atoms with Crippen molar-refractivity contribution in [1.29, 1.82) is 0 Å². The molecule has 100 valence electrons. The van der Waals surface area contributed by atoms with Gasteiger partial charge in [0, 0.05) is 6.54 Å². The van der Waals surface area contributed by atoms with Crippen LogP contribution in [-0.4, -0.2) is 19.1 Å². The third-order valence-corrected chi connectivity index (χ3v) is 2.95. The van der Waals surface area contributed by atoms with Crippen LogP contribution in [0.3, 0.4) is 0 Å². The first-order chi connectivity index (χ1) is 8.63. The molecule has 18 heavy (non-hydrogen) atoms. The molecule has 3 nitrogen and oxygen atoms in total. The van der Waals surface area contributed by atoms with E-state index in [1.165, 1.54) is 11.1 Å². The van der Waals surface area contributed by atoms with Gasteiger partial charge in [-0.3, -0.25) is 4.79 Å². The average Bonchev–Trinajstić information content (AvgIpc) is 2.36. The number of nitrogens with one attached hydrogen (secondary N) is 1. The van der Waals surface area contributed by atoms with Crippen LogP contribution >= 0.6 is 0 Å². The highest BCUT2D eigenvalue weighted by molar-refractivity contribution is 5.77. The number of benzene rings is 1. The van der Waals surface area contributed by atoms with Crippen LogP contribution in [0.15, 0.2) is 18.2 Å². The minimum absolute atomic E-state index is 0.0515. The number of ether oxygens (including phenoxy) is 1. The van der Waals surface area contributed by atoms with Crippen LogP contribution in [0.1, 0.15) is 37.3 Å². The highest BCUT2D eigenvalue weighted by Crippen LogP contribution is 2.16. The van der Waals surface area contributed by atoms with Crippen molar-refractivity contribution in [2.24, 2.45) is 0 Å². The fraction of sp³-hybridized carbons (Fsp3) is 0.533. The first-order valence-corrected chi connectivity index (χ1v) is 6.60. The molecule has 0 heterocycles. The number of rotatable bonds is 7. The van der Waals surface area contributed by atoms with E-state index in [0.717, 1.165) is 31.6 Å². The van der Waals surface area contributed by atoms with Crippen LogP contribution in [-0.2, 0) is 4.79 Å². The van der Waals surface area contributed by atoms with E-state index in [-0.39, 0.29) is 12.5 Å². The predicted molar refractivity (Wildman–Crippen MR) is 73.9 cm³/mol. The van der Waals surface area contributed by atoms with Crippen molar-refractivity contribution >= 4 is 5.91 Å². The maximum absolute atomic E-state index is 11.5. The number of hydrogen-bond donors (Lipinski definition) is 1. The van der Waals surface area contributed by atoms with Gasteiger partial charge in [-0.05, 0) is 43.5 Å². The molecule has 0 aliphatic heterocycles. The number of hydrogen-bond acceptors (Lipinski definition) is 2. The Bertz CT molecular complexity index is 388. The Kier molecular flexibility index (Phi) is 6.26. The van der Waals surface area contributed by atoms with Crippen LogP contribution in [0.2, 0.25) is 0 Å². The number of amides is 1. The van der Waals surface area contributed by atoms with E-state index >= 15 is 0 Å². The zero-order valence-electron chi connectivity index (χ0n) is 11.6. The van der Waals surface area contributed by atoms with Gasteiger partial charge in [0.1, 0.15) is 5.75 Å². The first kappa shape index (κ1) is 14.6. The molecule has 0 fully saturated rings.